The summed E-state index contributed by atoms with van der Waals surface area (Å²) in [5.74, 6) is 2.48. The summed E-state index contributed by atoms with van der Waals surface area (Å²) in [4.78, 5) is 14.5. The lowest BCUT2D eigenvalue weighted by molar-refractivity contribution is -0.128. The number of fused-ring (bicyclic) bond motifs is 2. The lowest BCUT2D eigenvalue weighted by atomic mass is 9.84. The van der Waals surface area contributed by atoms with Gasteiger partial charge in [0.2, 0.25) is 5.91 Å². The van der Waals surface area contributed by atoms with Crippen molar-refractivity contribution in [3.05, 3.63) is 35.9 Å². The Bertz CT molecular complexity index is 1220. The van der Waals surface area contributed by atoms with Crippen molar-refractivity contribution in [1.82, 2.24) is 19.7 Å². The van der Waals surface area contributed by atoms with Crippen LogP contribution >= 0.6 is 11.8 Å². The minimum absolute atomic E-state index is 0.0227. The summed E-state index contributed by atoms with van der Waals surface area (Å²) in [5, 5.41) is 9.41. The average molecular weight is 537 g/mol. The molecular weight excluding hydrogens is 503 g/mol. The summed E-state index contributed by atoms with van der Waals surface area (Å²) in [6.07, 6.45) is 5.48. The molecule has 2 saturated carbocycles. The fourth-order valence-electron chi connectivity index (χ4n) is 6.21. The largest absolute Gasteiger partial charge is 0.483 e. The summed E-state index contributed by atoms with van der Waals surface area (Å²) in [6, 6.07) is 6.13. The van der Waals surface area contributed by atoms with Gasteiger partial charge in [-0.2, -0.15) is 0 Å². The number of hydrogen-bond donors (Lipinski definition) is 0. The molecule has 11 heteroatoms. The van der Waals surface area contributed by atoms with Gasteiger partial charge in [0.05, 0.1) is 17.3 Å². The molecule has 8 nitrogen and oxygen atoms in total. The van der Waals surface area contributed by atoms with E-state index in [1.165, 1.54) is 43.5 Å². The normalized spacial score (nSPS) is 27.3. The molecule has 2 aromatic rings. The number of nitrogens with zero attached hydrogens (tertiary/aromatic N) is 4. The fraction of sp³-hybridized carbons (Fsp3) is 0.640. The van der Waals surface area contributed by atoms with E-state index in [0.717, 1.165) is 5.92 Å². The van der Waals surface area contributed by atoms with Gasteiger partial charge in [0.1, 0.15) is 6.61 Å². The van der Waals surface area contributed by atoms with E-state index in [2.05, 4.69) is 21.7 Å². The molecule has 1 saturated heterocycles. The molecule has 0 unspecified atom stereocenters. The molecule has 2 heterocycles. The van der Waals surface area contributed by atoms with Crippen molar-refractivity contribution in [1.29, 1.82) is 0 Å². The van der Waals surface area contributed by atoms with Crippen LogP contribution in [-0.4, -0.2) is 64.3 Å². The van der Waals surface area contributed by atoms with Crippen molar-refractivity contribution in [2.45, 2.75) is 62.9 Å². The van der Waals surface area contributed by atoms with Gasteiger partial charge in [-0.1, -0.05) is 30.3 Å². The van der Waals surface area contributed by atoms with Gasteiger partial charge in [0.25, 0.3) is 0 Å². The molecule has 1 aromatic carbocycles. The van der Waals surface area contributed by atoms with Crippen molar-refractivity contribution < 1.29 is 22.3 Å². The molecule has 2 bridgehead atoms. The molecule has 3 aliphatic rings. The molecule has 1 aliphatic heterocycles. The SMILES string of the molecule is C[C@@H]([C@@H]1C[C@@H]2CC[C@@H]1C2)n1c(COc2ccccc2F)nnc1SCC(=O)N(C)[C@@H]1CCS(=O)(=O)C1. The summed E-state index contributed by atoms with van der Waals surface area (Å²) < 4.78 is 45.6. The van der Waals surface area contributed by atoms with Crippen LogP contribution < -0.4 is 4.74 Å². The Balaban J connectivity index is 1.32. The number of rotatable bonds is 9. The smallest absolute Gasteiger partial charge is 0.233 e. The van der Waals surface area contributed by atoms with Crippen molar-refractivity contribution in [2.24, 2.45) is 17.8 Å². The lowest BCUT2D eigenvalue weighted by Crippen LogP contribution is -2.38. The monoisotopic (exact) mass is 536 g/mol. The molecule has 36 heavy (non-hydrogen) atoms. The maximum absolute atomic E-state index is 14.1. The average Bonchev–Trinajstić information content (AvgIpc) is 3.65. The zero-order chi connectivity index (χ0) is 25.4. The summed E-state index contributed by atoms with van der Waals surface area (Å²) in [7, 11) is -1.40. The number of halogens is 1. The first-order valence-corrected chi connectivity index (χ1v) is 15.4. The maximum atomic E-state index is 14.1. The van der Waals surface area contributed by atoms with E-state index in [-0.39, 0.29) is 47.6 Å². The standard InChI is InChI=1S/C25H33FN4O4S2/c1-16(20-12-17-7-8-18(20)11-17)30-23(13-34-22-6-4-3-5-21(22)26)27-28-25(30)35-14-24(31)29(2)19-9-10-36(32,33)15-19/h3-6,16-20H,7-15H2,1-2H3/t16-,17+,18+,19+,20-/m0/s1. The fourth-order valence-corrected chi connectivity index (χ4v) is 8.95. The molecule has 3 fully saturated rings. The van der Waals surface area contributed by atoms with E-state index >= 15 is 0 Å². The van der Waals surface area contributed by atoms with Crippen LogP contribution in [0.5, 0.6) is 5.75 Å². The van der Waals surface area contributed by atoms with Gasteiger partial charge < -0.3 is 9.64 Å². The molecule has 2 aliphatic carbocycles. The first-order chi connectivity index (χ1) is 17.2. The number of amides is 1. The first-order valence-electron chi connectivity index (χ1n) is 12.6. The first kappa shape index (κ1) is 25.5. The van der Waals surface area contributed by atoms with Crippen molar-refractivity contribution in [3.63, 3.8) is 0 Å². The summed E-state index contributed by atoms with van der Waals surface area (Å²) in [5.41, 5.74) is 0. The van der Waals surface area contributed by atoms with E-state index < -0.39 is 15.7 Å². The minimum Gasteiger partial charge on any atom is -0.483 e. The van der Waals surface area contributed by atoms with Crippen LogP contribution in [0.3, 0.4) is 0 Å². The third-order valence-electron chi connectivity index (χ3n) is 8.22. The summed E-state index contributed by atoms with van der Waals surface area (Å²) in [6.45, 7) is 2.26. The van der Waals surface area contributed by atoms with Gasteiger partial charge in [0, 0.05) is 19.1 Å². The highest BCUT2D eigenvalue weighted by Crippen LogP contribution is 2.52. The van der Waals surface area contributed by atoms with Crippen LogP contribution in [0.2, 0.25) is 0 Å². The van der Waals surface area contributed by atoms with E-state index in [9.17, 15) is 17.6 Å². The van der Waals surface area contributed by atoms with Gasteiger partial charge in [-0.25, -0.2) is 12.8 Å². The number of benzene rings is 1. The van der Waals surface area contributed by atoms with Crippen LogP contribution in [0.4, 0.5) is 4.39 Å². The zero-order valence-corrected chi connectivity index (χ0v) is 22.3. The topological polar surface area (TPSA) is 94.4 Å². The number of thioether (sulfide) groups is 1. The zero-order valence-electron chi connectivity index (χ0n) is 20.7. The third-order valence-corrected chi connectivity index (χ3v) is 10.9. The van der Waals surface area contributed by atoms with Crippen molar-refractivity contribution in [3.8, 4) is 5.75 Å². The predicted octanol–water partition coefficient (Wildman–Crippen LogP) is 3.73. The number of hydrogen-bond acceptors (Lipinski definition) is 7. The maximum Gasteiger partial charge on any atom is 0.233 e. The Kier molecular flexibility index (Phi) is 7.31. The number of carbonyl (C=O) groups is 1. The second-order valence-electron chi connectivity index (χ2n) is 10.4. The van der Waals surface area contributed by atoms with Crippen molar-refractivity contribution >= 4 is 27.5 Å². The number of aromatic nitrogens is 3. The molecule has 1 amide bonds. The highest BCUT2D eigenvalue weighted by Gasteiger charge is 2.43. The molecule has 5 rings (SSSR count). The predicted molar refractivity (Wildman–Crippen MR) is 135 cm³/mol. The van der Waals surface area contributed by atoms with Crippen LogP contribution in [0.15, 0.2) is 29.4 Å². The van der Waals surface area contributed by atoms with Crippen LogP contribution in [-0.2, 0) is 21.2 Å². The van der Waals surface area contributed by atoms with Gasteiger partial charge >= 0.3 is 0 Å². The van der Waals surface area contributed by atoms with E-state index in [1.54, 1.807) is 30.1 Å². The summed E-state index contributed by atoms with van der Waals surface area (Å²) >= 11 is 1.31. The molecule has 196 valence electrons. The number of sulfone groups is 1. The highest BCUT2D eigenvalue weighted by atomic mass is 32.2. The second-order valence-corrected chi connectivity index (χ2v) is 13.6. The number of ether oxygens (including phenoxy) is 1. The van der Waals surface area contributed by atoms with Crippen LogP contribution in [0, 0.1) is 23.6 Å². The number of para-hydroxylation sites is 1. The molecule has 1 aromatic heterocycles. The number of carbonyl (C=O) groups excluding carboxylic acids is 1. The quantitative estimate of drug-likeness (QED) is 0.451. The van der Waals surface area contributed by atoms with E-state index in [4.69, 9.17) is 4.74 Å². The Morgan fingerprint density at radius 1 is 1.25 bits per heavy atom. The minimum atomic E-state index is -3.07. The Morgan fingerprint density at radius 2 is 2.06 bits per heavy atom. The van der Waals surface area contributed by atoms with Gasteiger partial charge in [0.15, 0.2) is 32.4 Å². The Hall–Kier alpha value is -2.14. The molecule has 0 N–H and O–H groups in total. The second kappa shape index (κ2) is 10.3. The van der Waals surface area contributed by atoms with Gasteiger partial charge in [-0.15, -0.1) is 10.2 Å². The van der Waals surface area contributed by atoms with Gasteiger partial charge in [-0.05, 0) is 62.5 Å². The van der Waals surface area contributed by atoms with Gasteiger partial charge in [-0.3, -0.25) is 9.36 Å². The molecular formula is C25H33FN4O4S2. The highest BCUT2D eigenvalue weighted by molar-refractivity contribution is 7.99. The van der Waals surface area contributed by atoms with E-state index in [1.807, 2.05) is 0 Å². The van der Waals surface area contributed by atoms with E-state index in [0.29, 0.717) is 29.2 Å². The van der Waals surface area contributed by atoms with Crippen LogP contribution in [0.1, 0.15) is 50.9 Å². The lowest BCUT2D eigenvalue weighted by Gasteiger charge is -2.30. The molecule has 5 atom stereocenters. The molecule has 0 spiro atoms. The van der Waals surface area contributed by atoms with Crippen molar-refractivity contribution in [2.75, 3.05) is 24.3 Å². The third kappa shape index (κ3) is 5.27. The Morgan fingerprint density at radius 3 is 2.72 bits per heavy atom. The molecule has 0 radical (unpaired) electrons. The Labute approximate surface area is 215 Å². The van der Waals surface area contributed by atoms with Crippen LogP contribution in [0.25, 0.3) is 0 Å².